The molecule has 4 nitrogen and oxygen atoms in total. The molecular weight excluding hydrogens is 223 g/mol. The van der Waals surface area contributed by atoms with Crippen molar-refractivity contribution in [2.75, 3.05) is 13.1 Å². The molecule has 1 amide bonds. The van der Waals surface area contributed by atoms with Gasteiger partial charge in [-0.25, -0.2) is 9.18 Å². The van der Waals surface area contributed by atoms with Crippen LogP contribution in [0.5, 0.6) is 0 Å². The van der Waals surface area contributed by atoms with E-state index >= 15 is 0 Å². The second-order valence-electron chi connectivity index (χ2n) is 4.13. The van der Waals surface area contributed by atoms with Crippen molar-refractivity contribution in [2.45, 2.75) is 18.8 Å². The fourth-order valence-electron chi connectivity index (χ4n) is 1.75. The van der Waals surface area contributed by atoms with Crippen LogP contribution in [0.25, 0.3) is 0 Å². The number of likely N-dealkylation sites (tertiary alicyclic amines) is 1. The molecule has 0 unspecified atom stereocenters. The average molecular weight is 238 g/mol. The molecule has 1 heterocycles. The highest BCUT2D eigenvalue weighted by atomic mass is 19.1. The second kappa shape index (κ2) is 5.14. The minimum absolute atomic E-state index is 0.0226. The molecule has 2 N–H and O–H groups in total. The molecule has 0 spiro atoms. The van der Waals surface area contributed by atoms with Gasteiger partial charge in [0.1, 0.15) is 12.8 Å². The highest BCUT2D eigenvalue weighted by Gasteiger charge is 2.33. The van der Waals surface area contributed by atoms with E-state index < -0.39 is 18.3 Å². The average Bonchev–Trinajstić information content (AvgIpc) is 2.68. The molecule has 1 saturated heterocycles. The van der Waals surface area contributed by atoms with Gasteiger partial charge in [0.25, 0.3) is 0 Å². The number of nitrogens with two attached hydrogens (primary N) is 1. The van der Waals surface area contributed by atoms with E-state index in [1.165, 1.54) is 4.90 Å². The highest BCUT2D eigenvalue weighted by molar-refractivity contribution is 5.68. The number of hydrogen-bond donors (Lipinski definition) is 1. The van der Waals surface area contributed by atoms with E-state index in [1.54, 1.807) is 0 Å². The quantitative estimate of drug-likeness (QED) is 0.845. The van der Waals surface area contributed by atoms with Gasteiger partial charge in [0.2, 0.25) is 0 Å². The van der Waals surface area contributed by atoms with Gasteiger partial charge in [-0.3, -0.25) is 0 Å². The summed E-state index contributed by atoms with van der Waals surface area (Å²) >= 11 is 0. The largest absolute Gasteiger partial charge is 0.445 e. The number of hydrogen-bond acceptors (Lipinski definition) is 3. The molecule has 0 aliphatic carbocycles. The van der Waals surface area contributed by atoms with Crippen LogP contribution in [0, 0.1) is 0 Å². The predicted molar refractivity (Wildman–Crippen MR) is 61.1 cm³/mol. The number of carbonyl (C=O) groups excluding carboxylic acids is 1. The summed E-state index contributed by atoms with van der Waals surface area (Å²) in [5, 5.41) is 0. The van der Waals surface area contributed by atoms with Crippen LogP contribution in [0.1, 0.15) is 5.56 Å². The molecule has 1 fully saturated rings. The van der Waals surface area contributed by atoms with Gasteiger partial charge in [-0.15, -0.1) is 0 Å². The van der Waals surface area contributed by atoms with Crippen LogP contribution in [-0.4, -0.2) is 36.3 Å². The van der Waals surface area contributed by atoms with E-state index in [0.29, 0.717) is 0 Å². The van der Waals surface area contributed by atoms with Gasteiger partial charge in [-0.1, -0.05) is 30.3 Å². The predicted octanol–water partition coefficient (Wildman–Crippen LogP) is 1.30. The Labute approximate surface area is 99.2 Å². The fraction of sp³-hybridized carbons (Fsp3) is 0.417. The number of amides is 1. The number of carbonyl (C=O) groups is 1. The van der Waals surface area contributed by atoms with E-state index in [1.807, 2.05) is 30.3 Å². The third kappa shape index (κ3) is 2.94. The summed E-state index contributed by atoms with van der Waals surface area (Å²) in [7, 11) is 0. The summed E-state index contributed by atoms with van der Waals surface area (Å²) in [6.07, 6.45) is -1.66. The third-order valence-corrected chi connectivity index (χ3v) is 2.75. The normalized spacial score (nSPS) is 23.8. The van der Waals surface area contributed by atoms with Crippen molar-refractivity contribution in [3.63, 3.8) is 0 Å². The van der Waals surface area contributed by atoms with Gasteiger partial charge in [0.05, 0.1) is 12.6 Å². The summed E-state index contributed by atoms with van der Waals surface area (Å²) in [5.74, 6) is 0. The zero-order valence-corrected chi connectivity index (χ0v) is 9.38. The van der Waals surface area contributed by atoms with Crippen molar-refractivity contribution >= 4 is 6.09 Å². The Kier molecular flexibility index (Phi) is 3.58. The maximum Gasteiger partial charge on any atom is 0.410 e. The Bertz CT molecular complexity index is 375. The number of nitrogens with zero attached hydrogens (tertiary/aromatic N) is 1. The highest BCUT2D eigenvalue weighted by Crippen LogP contribution is 2.13. The van der Waals surface area contributed by atoms with Crippen molar-refractivity contribution in [3.8, 4) is 0 Å². The second-order valence-corrected chi connectivity index (χ2v) is 4.13. The summed E-state index contributed by atoms with van der Waals surface area (Å²) in [6.45, 7) is 0.436. The lowest BCUT2D eigenvalue weighted by molar-refractivity contribution is 0.102. The summed E-state index contributed by atoms with van der Waals surface area (Å²) < 4.78 is 18.2. The number of ether oxygens (including phenoxy) is 1. The van der Waals surface area contributed by atoms with Gasteiger partial charge in [-0.05, 0) is 5.56 Å². The molecule has 1 aromatic carbocycles. The molecule has 0 radical (unpaired) electrons. The van der Waals surface area contributed by atoms with Crippen molar-refractivity contribution in [2.24, 2.45) is 5.73 Å². The van der Waals surface area contributed by atoms with Gasteiger partial charge < -0.3 is 15.4 Å². The van der Waals surface area contributed by atoms with Crippen LogP contribution in [0.2, 0.25) is 0 Å². The number of rotatable bonds is 2. The van der Waals surface area contributed by atoms with E-state index in [4.69, 9.17) is 10.5 Å². The van der Waals surface area contributed by atoms with Gasteiger partial charge >= 0.3 is 6.09 Å². The number of benzene rings is 1. The first-order valence-corrected chi connectivity index (χ1v) is 5.52. The lowest BCUT2D eigenvalue weighted by atomic mass is 10.2. The molecule has 17 heavy (non-hydrogen) atoms. The van der Waals surface area contributed by atoms with E-state index in [0.717, 1.165) is 5.56 Å². The van der Waals surface area contributed by atoms with E-state index in [9.17, 15) is 9.18 Å². The third-order valence-electron chi connectivity index (χ3n) is 2.75. The van der Waals surface area contributed by atoms with Crippen molar-refractivity contribution in [3.05, 3.63) is 35.9 Å². The Balaban J connectivity index is 1.82. The first kappa shape index (κ1) is 11.9. The molecular formula is C12H15FN2O2. The minimum Gasteiger partial charge on any atom is -0.445 e. The van der Waals surface area contributed by atoms with Gasteiger partial charge in [-0.2, -0.15) is 0 Å². The first-order valence-electron chi connectivity index (χ1n) is 5.52. The molecule has 1 aliphatic rings. The van der Waals surface area contributed by atoms with E-state index in [2.05, 4.69) is 0 Å². The van der Waals surface area contributed by atoms with Crippen LogP contribution >= 0.6 is 0 Å². The molecule has 2 rings (SSSR count). The Morgan fingerprint density at radius 1 is 1.41 bits per heavy atom. The van der Waals surface area contributed by atoms with Crippen molar-refractivity contribution in [1.29, 1.82) is 0 Å². The van der Waals surface area contributed by atoms with Crippen molar-refractivity contribution in [1.82, 2.24) is 4.90 Å². The van der Waals surface area contributed by atoms with Gasteiger partial charge in [0.15, 0.2) is 0 Å². The molecule has 0 bridgehead atoms. The summed E-state index contributed by atoms with van der Waals surface area (Å²) in [6, 6.07) is 8.75. The van der Waals surface area contributed by atoms with Crippen LogP contribution in [-0.2, 0) is 11.3 Å². The maximum atomic E-state index is 13.1. The standard InChI is InChI=1S/C12H15FN2O2/c13-10-6-15(7-11(10)14)12(16)17-8-9-4-2-1-3-5-9/h1-5,10-11H,6-8,14H2/t10-,11+/m1/s1. The van der Waals surface area contributed by atoms with Crippen molar-refractivity contribution < 1.29 is 13.9 Å². The van der Waals surface area contributed by atoms with Gasteiger partial charge in [0, 0.05) is 6.54 Å². The van der Waals surface area contributed by atoms with Crippen LogP contribution in [0.4, 0.5) is 9.18 Å². The maximum absolute atomic E-state index is 13.1. The molecule has 2 atom stereocenters. The summed E-state index contributed by atoms with van der Waals surface area (Å²) in [4.78, 5) is 12.9. The monoisotopic (exact) mass is 238 g/mol. The molecule has 0 aromatic heterocycles. The number of alkyl halides is 1. The lowest BCUT2D eigenvalue weighted by Crippen LogP contribution is -2.32. The number of halogens is 1. The minimum atomic E-state index is -1.15. The Morgan fingerprint density at radius 2 is 2.12 bits per heavy atom. The zero-order chi connectivity index (χ0) is 12.3. The molecule has 1 aliphatic heterocycles. The van der Waals surface area contributed by atoms with E-state index in [-0.39, 0.29) is 19.7 Å². The van der Waals surface area contributed by atoms with Crippen LogP contribution in [0.15, 0.2) is 30.3 Å². The van der Waals surface area contributed by atoms with Crippen LogP contribution in [0.3, 0.4) is 0 Å². The lowest BCUT2D eigenvalue weighted by Gasteiger charge is -2.15. The molecule has 5 heteroatoms. The fourth-order valence-corrected chi connectivity index (χ4v) is 1.75. The molecule has 1 aromatic rings. The zero-order valence-electron chi connectivity index (χ0n) is 9.38. The first-order chi connectivity index (χ1) is 8.16. The Hall–Kier alpha value is -1.62. The topological polar surface area (TPSA) is 55.6 Å². The molecule has 0 saturated carbocycles. The van der Waals surface area contributed by atoms with Crippen LogP contribution < -0.4 is 5.73 Å². The SMILES string of the molecule is N[C@H]1CN(C(=O)OCc2ccccc2)C[C@H]1F. The summed E-state index contributed by atoms with van der Waals surface area (Å²) in [5.41, 5.74) is 6.39. The Morgan fingerprint density at radius 3 is 2.71 bits per heavy atom. The smallest absolute Gasteiger partial charge is 0.410 e. The molecule has 92 valence electrons.